The first-order valence-electron chi connectivity index (χ1n) is 8.24. The molecule has 2 rings (SSSR count). The first kappa shape index (κ1) is 14.3. The van der Waals surface area contributed by atoms with Crippen LogP contribution in [0, 0.1) is 5.41 Å². The molecular formula is C16H32N2. The second-order valence-electron chi connectivity index (χ2n) is 6.55. The third kappa shape index (κ3) is 4.24. The van der Waals surface area contributed by atoms with Gasteiger partial charge in [-0.1, -0.05) is 26.7 Å². The second kappa shape index (κ2) is 6.91. The van der Waals surface area contributed by atoms with Crippen LogP contribution in [-0.4, -0.2) is 37.1 Å². The van der Waals surface area contributed by atoms with Gasteiger partial charge >= 0.3 is 0 Å². The third-order valence-corrected chi connectivity index (χ3v) is 5.10. The van der Waals surface area contributed by atoms with Crippen LogP contribution in [0.2, 0.25) is 0 Å². The van der Waals surface area contributed by atoms with Crippen LogP contribution in [-0.2, 0) is 0 Å². The summed E-state index contributed by atoms with van der Waals surface area (Å²) in [6, 6.07) is 0.853. The normalized spacial score (nSPS) is 23.0. The van der Waals surface area contributed by atoms with Crippen LogP contribution in [0.4, 0.5) is 0 Å². The van der Waals surface area contributed by atoms with E-state index in [-0.39, 0.29) is 0 Å². The Hall–Kier alpha value is -0.0800. The Bertz CT molecular complexity index is 223. The zero-order valence-corrected chi connectivity index (χ0v) is 12.5. The zero-order valence-electron chi connectivity index (χ0n) is 12.5. The van der Waals surface area contributed by atoms with E-state index in [4.69, 9.17) is 0 Å². The highest BCUT2D eigenvalue weighted by atomic mass is 15.1. The molecule has 2 nitrogen and oxygen atoms in total. The van der Waals surface area contributed by atoms with Crippen molar-refractivity contribution in [1.29, 1.82) is 0 Å². The number of hydrogen-bond donors (Lipinski definition) is 1. The Morgan fingerprint density at radius 1 is 1.00 bits per heavy atom. The Morgan fingerprint density at radius 3 is 2.11 bits per heavy atom. The predicted molar refractivity (Wildman–Crippen MR) is 78.9 cm³/mol. The van der Waals surface area contributed by atoms with E-state index >= 15 is 0 Å². The van der Waals surface area contributed by atoms with E-state index in [0.717, 1.165) is 6.04 Å². The Morgan fingerprint density at radius 2 is 1.61 bits per heavy atom. The third-order valence-electron chi connectivity index (χ3n) is 5.10. The molecule has 1 N–H and O–H groups in total. The lowest BCUT2D eigenvalue weighted by molar-refractivity contribution is 0.137. The number of rotatable bonds is 7. The van der Waals surface area contributed by atoms with Gasteiger partial charge in [0, 0.05) is 19.1 Å². The van der Waals surface area contributed by atoms with Crippen molar-refractivity contribution < 1.29 is 0 Å². The van der Waals surface area contributed by atoms with Gasteiger partial charge in [0.25, 0.3) is 0 Å². The maximum Gasteiger partial charge on any atom is 0.00684 e. The minimum Gasteiger partial charge on any atom is -0.313 e. The van der Waals surface area contributed by atoms with Gasteiger partial charge in [-0.25, -0.2) is 0 Å². The van der Waals surface area contributed by atoms with E-state index in [9.17, 15) is 0 Å². The summed E-state index contributed by atoms with van der Waals surface area (Å²) in [7, 11) is 0. The topological polar surface area (TPSA) is 15.3 Å². The van der Waals surface area contributed by atoms with Gasteiger partial charge < -0.3 is 10.2 Å². The van der Waals surface area contributed by atoms with Crippen molar-refractivity contribution in [3.8, 4) is 0 Å². The van der Waals surface area contributed by atoms with Gasteiger partial charge in [0.15, 0.2) is 0 Å². The van der Waals surface area contributed by atoms with E-state index in [1.165, 1.54) is 77.5 Å². The molecule has 1 heterocycles. The van der Waals surface area contributed by atoms with Crippen molar-refractivity contribution in [2.45, 2.75) is 71.3 Å². The van der Waals surface area contributed by atoms with Gasteiger partial charge in [0.1, 0.15) is 0 Å². The molecule has 1 saturated carbocycles. The molecule has 2 aliphatic rings. The van der Waals surface area contributed by atoms with Gasteiger partial charge in [-0.05, 0) is 57.0 Å². The van der Waals surface area contributed by atoms with Crippen molar-refractivity contribution in [3.63, 3.8) is 0 Å². The van der Waals surface area contributed by atoms with E-state index in [2.05, 4.69) is 24.1 Å². The number of nitrogens with one attached hydrogen (secondary N) is 1. The maximum absolute atomic E-state index is 3.78. The number of hydrogen-bond acceptors (Lipinski definition) is 2. The van der Waals surface area contributed by atoms with Crippen molar-refractivity contribution in [2.24, 2.45) is 5.41 Å². The summed E-state index contributed by atoms with van der Waals surface area (Å²) < 4.78 is 0. The second-order valence-corrected chi connectivity index (χ2v) is 6.55. The molecule has 2 fully saturated rings. The molecular weight excluding hydrogens is 220 g/mol. The summed E-state index contributed by atoms with van der Waals surface area (Å²) in [6.45, 7) is 10.0. The fourth-order valence-corrected chi connectivity index (χ4v) is 3.20. The summed E-state index contributed by atoms with van der Waals surface area (Å²) >= 11 is 0. The molecule has 0 unspecified atom stereocenters. The highest BCUT2D eigenvalue weighted by molar-refractivity contribution is 4.88. The van der Waals surface area contributed by atoms with Gasteiger partial charge in [-0.15, -0.1) is 0 Å². The molecule has 0 spiro atoms. The van der Waals surface area contributed by atoms with Gasteiger partial charge in [0.2, 0.25) is 0 Å². The van der Waals surface area contributed by atoms with Crippen molar-refractivity contribution >= 4 is 0 Å². The van der Waals surface area contributed by atoms with E-state index in [1.54, 1.807) is 0 Å². The smallest absolute Gasteiger partial charge is 0.00684 e. The first-order chi connectivity index (χ1) is 8.78. The highest BCUT2D eigenvalue weighted by Gasteiger charge is 2.31. The molecule has 0 aromatic rings. The highest BCUT2D eigenvalue weighted by Crippen LogP contribution is 2.30. The molecule has 0 radical (unpaired) electrons. The van der Waals surface area contributed by atoms with Crippen LogP contribution in [0.25, 0.3) is 0 Å². The summed E-state index contributed by atoms with van der Waals surface area (Å²) in [5, 5.41) is 3.78. The summed E-state index contributed by atoms with van der Waals surface area (Å²) in [6.07, 6.45) is 11.2. The zero-order chi connectivity index (χ0) is 12.8. The number of nitrogens with zero attached hydrogens (tertiary/aromatic N) is 1. The predicted octanol–water partition coefficient (Wildman–Crippen LogP) is 3.42. The van der Waals surface area contributed by atoms with Crippen LogP contribution < -0.4 is 5.32 Å². The lowest BCUT2D eigenvalue weighted by Gasteiger charge is -2.37. The average molecular weight is 252 g/mol. The molecule has 0 amide bonds. The molecule has 0 aromatic carbocycles. The van der Waals surface area contributed by atoms with Gasteiger partial charge in [-0.2, -0.15) is 0 Å². The summed E-state index contributed by atoms with van der Waals surface area (Å²) in [5.41, 5.74) is 0.521. The Balaban J connectivity index is 1.85. The lowest BCUT2D eigenvalue weighted by Crippen LogP contribution is -2.44. The van der Waals surface area contributed by atoms with Gasteiger partial charge in [-0.3, -0.25) is 0 Å². The standard InChI is InChI=1S/C16H32N2/c1-3-16(4-2,13-17-15-9-10-15)14-18-11-7-5-6-8-12-18/h15,17H,3-14H2,1-2H3. The fraction of sp³-hybridized carbons (Fsp3) is 1.00. The van der Waals surface area contributed by atoms with E-state index < -0.39 is 0 Å². The lowest BCUT2D eigenvalue weighted by atomic mass is 9.81. The molecule has 1 aliphatic heterocycles. The molecule has 18 heavy (non-hydrogen) atoms. The Labute approximate surface area is 114 Å². The minimum atomic E-state index is 0.521. The van der Waals surface area contributed by atoms with Crippen molar-refractivity contribution in [2.75, 3.05) is 26.2 Å². The first-order valence-corrected chi connectivity index (χ1v) is 8.24. The Kier molecular flexibility index (Phi) is 5.50. The molecule has 106 valence electrons. The van der Waals surface area contributed by atoms with Crippen LogP contribution in [0.15, 0.2) is 0 Å². The van der Waals surface area contributed by atoms with Crippen molar-refractivity contribution in [3.05, 3.63) is 0 Å². The van der Waals surface area contributed by atoms with E-state index in [0.29, 0.717) is 5.41 Å². The maximum atomic E-state index is 3.78. The largest absolute Gasteiger partial charge is 0.313 e. The minimum absolute atomic E-state index is 0.521. The van der Waals surface area contributed by atoms with Crippen LogP contribution >= 0.6 is 0 Å². The van der Waals surface area contributed by atoms with Crippen LogP contribution in [0.3, 0.4) is 0 Å². The van der Waals surface area contributed by atoms with Crippen LogP contribution in [0.1, 0.15) is 65.2 Å². The molecule has 0 bridgehead atoms. The molecule has 0 atom stereocenters. The monoisotopic (exact) mass is 252 g/mol. The van der Waals surface area contributed by atoms with Crippen molar-refractivity contribution in [1.82, 2.24) is 10.2 Å². The number of likely N-dealkylation sites (tertiary alicyclic amines) is 1. The van der Waals surface area contributed by atoms with E-state index in [1.807, 2.05) is 0 Å². The summed E-state index contributed by atoms with van der Waals surface area (Å²) in [4.78, 5) is 2.74. The molecule has 1 saturated heterocycles. The SMILES string of the molecule is CCC(CC)(CNC1CC1)CN1CCCCCC1. The molecule has 2 heteroatoms. The summed E-state index contributed by atoms with van der Waals surface area (Å²) in [5.74, 6) is 0. The fourth-order valence-electron chi connectivity index (χ4n) is 3.20. The average Bonchev–Trinajstić information content (AvgIpc) is 3.22. The molecule has 0 aromatic heterocycles. The van der Waals surface area contributed by atoms with Gasteiger partial charge in [0.05, 0.1) is 0 Å². The quantitative estimate of drug-likeness (QED) is 0.747. The van der Waals surface area contributed by atoms with Crippen LogP contribution in [0.5, 0.6) is 0 Å². The molecule has 1 aliphatic carbocycles.